The van der Waals surface area contributed by atoms with Crippen molar-refractivity contribution in [3.63, 3.8) is 0 Å². The molecular weight excluding hydrogens is 280 g/mol. The van der Waals surface area contributed by atoms with Crippen LogP contribution in [-0.4, -0.2) is 6.71 Å². The molecule has 0 radical (unpaired) electrons. The molecule has 0 aromatic rings. The first-order valence-corrected chi connectivity index (χ1v) is 2.73. The number of hydrogen-bond donors (Lipinski definition) is 0. The minimum absolute atomic E-state index is 0. The molecule has 0 aliphatic carbocycles. The van der Waals surface area contributed by atoms with E-state index in [1.165, 1.54) is 6.32 Å². The van der Waals surface area contributed by atoms with E-state index >= 15 is 0 Å². The van der Waals surface area contributed by atoms with Crippen molar-refractivity contribution in [2.45, 2.75) is 13.1 Å². The summed E-state index contributed by atoms with van der Waals surface area (Å²) in [6, 6.07) is 0. The summed E-state index contributed by atoms with van der Waals surface area (Å²) in [4.78, 5) is 0. The second-order valence-electron chi connectivity index (χ2n) is 2.03. The summed E-state index contributed by atoms with van der Waals surface area (Å²) in [6.07, 6.45) is 7.62. The predicted octanol–water partition coefficient (Wildman–Crippen LogP) is 3.04. The normalized spacial score (nSPS) is 11.5. The molecule has 5 heteroatoms. The SMILES string of the molecule is CB1C=CC=CC1.Cl.Cl.Cl.[Zr]. The zero-order chi connectivity index (χ0) is 5.11. The summed E-state index contributed by atoms with van der Waals surface area (Å²) in [5.74, 6) is 2.22. The van der Waals surface area contributed by atoms with Gasteiger partial charge < -0.3 is 0 Å². The van der Waals surface area contributed by atoms with Crippen LogP contribution in [0.3, 0.4) is 0 Å². The Kier molecular flexibility index (Phi) is 28.7. The van der Waals surface area contributed by atoms with Gasteiger partial charge >= 0.3 is 0 Å². The monoisotopic (exact) mass is 290 g/mol. The van der Waals surface area contributed by atoms with Crippen molar-refractivity contribution in [1.29, 1.82) is 0 Å². The minimum Gasteiger partial charge on any atom is -0.147 e. The van der Waals surface area contributed by atoms with Crippen LogP contribution in [0, 0.1) is 0 Å². The number of rotatable bonds is 0. The molecule has 1 rings (SSSR count). The maximum absolute atomic E-state index is 2.22. The fourth-order valence-corrected chi connectivity index (χ4v) is 0.704. The fourth-order valence-electron chi connectivity index (χ4n) is 0.704. The molecule has 0 saturated heterocycles. The molecule has 0 saturated carbocycles. The minimum atomic E-state index is 0. The van der Waals surface area contributed by atoms with E-state index in [9.17, 15) is 0 Å². The smallest absolute Gasteiger partial charge is 0.147 e. The quantitative estimate of drug-likeness (QED) is 0.602. The molecule has 1 aliphatic heterocycles. The molecule has 0 spiro atoms. The third kappa shape index (κ3) is 11.3. The molecule has 0 fully saturated rings. The Morgan fingerprint density at radius 2 is 1.64 bits per heavy atom. The third-order valence-electron chi connectivity index (χ3n) is 1.19. The maximum Gasteiger partial charge on any atom is 0.167 e. The van der Waals surface area contributed by atoms with E-state index in [1.54, 1.807) is 0 Å². The van der Waals surface area contributed by atoms with Crippen LogP contribution >= 0.6 is 37.2 Å². The van der Waals surface area contributed by atoms with Crippen molar-refractivity contribution in [1.82, 2.24) is 0 Å². The van der Waals surface area contributed by atoms with Crippen molar-refractivity contribution in [2.75, 3.05) is 0 Å². The summed E-state index contributed by atoms with van der Waals surface area (Å²) in [5.41, 5.74) is 0. The average molecular weight is 293 g/mol. The van der Waals surface area contributed by atoms with Crippen LogP contribution in [0.2, 0.25) is 13.1 Å². The molecule has 0 atom stereocenters. The third-order valence-corrected chi connectivity index (χ3v) is 1.19. The van der Waals surface area contributed by atoms with Gasteiger partial charge in [0.15, 0.2) is 6.71 Å². The van der Waals surface area contributed by atoms with Crippen LogP contribution in [0.25, 0.3) is 0 Å². The summed E-state index contributed by atoms with van der Waals surface area (Å²) in [5, 5.41) is 0. The first kappa shape index (κ1) is 22.8. The zero-order valence-corrected chi connectivity index (χ0v) is 11.2. The van der Waals surface area contributed by atoms with Crippen molar-refractivity contribution < 1.29 is 26.2 Å². The molecule has 0 bridgehead atoms. The predicted molar refractivity (Wildman–Crippen MR) is 56.4 cm³/mol. The van der Waals surface area contributed by atoms with Gasteiger partial charge in [-0.05, 0) is 0 Å². The molecule has 0 nitrogen and oxygen atoms in total. The Morgan fingerprint density at radius 1 is 1.09 bits per heavy atom. The second-order valence-corrected chi connectivity index (χ2v) is 2.03. The van der Waals surface area contributed by atoms with E-state index in [1.807, 2.05) is 0 Å². The van der Waals surface area contributed by atoms with Gasteiger partial charge in [-0.2, -0.15) is 0 Å². The topological polar surface area (TPSA) is 0 Å². The standard InChI is InChI=1S/C6H9B.3ClH.Zr/c1-7-5-3-2-4-6-7;;;;/h2-5H,6H2,1H3;3*1H;. The summed E-state index contributed by atoms with van der Waals surface area (Å²) in [6.45, 7) is 2.99. The maximum atomic E-state index is 2.22. The van der Waals surface area contributed by atoms with Gasteiger partial charge in [0.05, 0.1) is 0 Å². The van der Waals surface area contributed by atoms with E-state index in [2.05, 4.69) is 31.0 Å². The first-order valence-electron chi connectivity index (χ1n) is 2.73. The largest absolute Gasteiger partial charge is 0.167 e. The van der Waals surface area contributed by atoms with Crippen LogP contribution in [0.5, 0.6) is 0 Å². The number of allylic oxidation sites excluding steroid dienone is 3. The molecule has 0 amide bonds. The Hall–Kier alpha value is 1.30. The van der Waals surface area contributed by atoms with Gasteiger partial charge in [-0.3, -0.25) is 0 Å². The fraction of sp³-hybridized carbons (Fsp3) is 0.333. The van der Waals surface area contributed by atoms with E-state index in [4.69, 9.17) is 0 Å². The molecule has 0 unspecified atom stereocenters. The molecule has 0 aromatic carbocycles. The molecule has 1 aliphatic rings. The number of hydrogen-bond acceptors (Lipinski definition) is 0. The molecular formula is C6H12BCl3Zr. The molecule has 64 valence electrons. The van der Waals surface area contributed by atoms with Gasteiger partial charge in [-0.25, -0.2) is 0 Å². The zero-order valence-electron chi connectivity index (χ0n) is 6.32. The molecule has 1 heterocycles. The first-order chi connectivity index (χ1) is 3.39. The Bertz CT molecular complexity index is 116. The van der Waals surface area contributed by atoms with Crippen molar-refractivity contribution in [3.05, 3.63) is 24.2 Å². The Labute approximate surface area is 107 Å². The van der Waals surface area contributed by atoms with Gasteiger partial charge in [0, 0.05) is 26.2 Å². The van der Waals surface area contributed by atoms with Gasteiger partial charge in [-0.15, -0.1) is 43.2 Å². The van der Waals surface area contributed by atoms with Crippen LogP contribution in [0.1, 0.15) is 0 Å². The van der Waals surface area contributed by atoms with Crippen molar-refractivity contribution >= 4 is 43.9 Å². The van der Waals surface area contributed by atoms with Gasteiger partial charge in [0.2, 0.25) is 0 Å². The van der Waals surface area contributed by atoms with Crippen LogP contribution in [0.4, 0.5) is 0 Å². The average Bonchev–Trinajstić information content (AvgIpc) is 1.69. The van der Waals surface area contributed by atoms with E-state index in [-0.39, 0.29) is 63.4 Å². The Balaban J connectivity index is -0.0000000612. The van der Waals surface area contributed by atoms with Crippen LogP contribution in [-0.2, 0) is 26.2 Å². The van der Waals surface area contributed by atoms with E-state index < -0.39 is 0 Å². The summed E-state index contributed by atoms with van der Waals surface area (Å²) >= 11 is 0. The van der Waals surface area contributed by atoms with E-state index in [0.717, 1.165) is 6.71 Å². The van der Waals surface area contributed by atoms with Crippen LogP contribution < -0.4 is 0 Å². The van der Waals surface area contributed by atoms with Gasteiger partial charge in [0.1, 0.15) is 0 Å². The second kappa shape index (κ2) is 13.9. The van der Waals surface area contributed by atoms with Gasteiger partial charge in [0.25, 0.3) is 0 Å². The van der Waals surface area contributed by atoms with E-state index in [0.29, 0.717) is 0 Å². The van der Waals surface area contributed by atoms with Crippen molar-refractivity contribution in [2.24, 2.45) is 0 Å². The molecule has 0 N–H and O–H groups in total. The Morgan fingerprint density at radius 3 is 1.82 bits per heavy atom. The molecule has 0 aromatic heterocycles. The van der Waals surface area contributed by atoms with Crippen LogP contribution in [0.15, 0.2) is 24.2 Å². The molecule has 11 heavy (non-hydrogen) atoms. The number of halogens is 3. The summed E-state index contributed by atoms with van der Waals surface area (Å²) in [7, 11) is 0. The van der Waals surface area contributed by atoms with Crippen molar-refractivity contribution in [3.8, 4) is 0 Å². The summed E-state index contributed by atoms with van der Waals surface area (Å²) < 4.78 is 0. The van der Waals surface area contributed by atoms with Gasteiger partial charge in [-0.1, -0.05) is 31.4 Å².